The minimum Gasteiger partial charge on any atom is -0.324 e. The van der Waals surface area contributed by atoms with Gasteiger partial charge in [-0.2, -0.15) is 17.5 Å². The molecule has 1 aromatic carbocycles. The number of hydrogen-bond donors (Lipinski definition) is 1. The van der Waals surface area contributed by atoms with E-state index in [2.05, 4.69) is 20.2 Å². The highest BCUT2D eigenvalue weighted by Gasteiger charge is 2.40. The number of benzene rings is 1. The highest BCUT2D eigenvalue weighted by atomic mass is 32.2. The Labute approximate surface area is 222 Å². The lowest BCUT2D eigenvalue weighted by atomic mass is 9.96. The molecule has 2 aromatic heterocycles. The number of nitrogens with one attached hydrogen (secondary N) is 1. The number of thiophene rings is 1. The molecule has 0 radical (unpaired) electrons. The minimum atomic E-state index is -4.86. The summed E-state index contributed by atoms with van der Waals surface area (Å²) in [7, 11) is -5.00. The topological polar surface area (TPSA) is 113 Å². The van der Waals surface area contributed by atoms with E-state index in [0.717, 1.165) is 41.0 Å². The molecule has 0 spiro atoms. The fourth-order valence-electron chi connectivity index (χ4n) is 4.46. The molecule has 1 N–H and O–H groups in total. The summed E-state index contributed by atoms with van der Waals surface area (Å²) in [6, 6.07) is 4.91. The van der Waals surface area contributed by atoms with Crippen molar-refractivity contribution in [3.05, 3.63) is 46.6 Å². The van der Waals surface area contributed by atoms with E-state index in [1.54, 1.807) is 0 Å². The normalized spacial score (nSPS) is 19.4. The molecule has 38 heavy (non-hydrogen) atoms. The van der Waals surface area contributed by atoms with Crippen LogP contribution in [0, 0.1) is 6.92 Å². The average Bonchev–Trinajstić information content (AvgIpc) is 3.28. The largest absolute Gasteiger partial charge is 0.420 e. The zero-order chi connectivity index (χ0) is 27.6. The molecular formula is C23H24F3N5O4S3. The van der Waals surface area contributed by atoms with E-state index in [1.165, 1.54) is 12.6 Å². The van der Waals surface area contributed by atoms with Gasteiger partial charge in [-0.05, 0) is 49.2 Å². The smallest absolute Gasteiger partial charge is 0.324 e. The van der Waals surface area contributed by atoms with Crippen LogP contribution in [0.4, 0.5) is 24.8 Å². The fraction of sp³-hybridized carbons (Fsp3) is 0.391. The van der Waals surface area contributed by atoms with Crippen molar-refractivity contribution in [3.63, 3.8) is 0 Å². The third-order valence-electron chi connectivity index (χ3n) is 6.64. The van der Waals surface area contributed by atoms with Crippen LogP contribution in [0.5, 0.6) is 0 Å². The highest BCUT2D eigenvalue weighted by Crippen LogP contribution is 2.44. The van der Waals surface area contributed by atoms with Crippen LogP contribution in [0.2, 0.25) is 0 Å². The van der Waals surface area contributed by atoms with Crippen LogP contribution < -0.4 is 5.32 Å². The van der Waals surface area contributed by atoms with E-state index in [9.17, 15) is 30.0 Å². The molecule has 0 bridgehead atoms. The Hall–Kier alpha value is -2.59. The van der Waals surface area contributed by atoms with Gasteiger partial charge in [0.25, 0.3) is 10.0 Å². The van der Waals surface area contributed by atoms with Gasteiger partial charge in [0.05, 0.1) is 21.2 Å². The van der Waals surface area contributed by atoms with Crippen molar-refractivity contribution in [3.8, 4) is 10.6 Å². The molecule has 3 aromatic rings. The number of nitrogens with zero attached hydrogens (tertiary/aromatic N) is 4. The number of fused-ring (bicyclic) bond motifs is 2. The second kappa shape index (κ2) is 9.26. The molecule has 0 unspecified atom stereocenters. The van der Waals surface area contributed by atoms with E-state index in [1.807, 2.05) is 26.1 Å². The van der Waals surface area contributed by atoms with E-state index < -0.39 is 52.2 Å². The van der Waals surface area contributed by atoms with Gasteiger partial charge in [-0.3, -0.25) is 0 Å². The Bertz CT molecular complexity index is 1650. The summed E-state index contributed by atoms with van der Waals surface area (Å²) >= 11 is 0.450. The predicted octanol–water partition coefficient (Wildman–Crippen LogP) is 3.67. The monoisotopic (exact) mass is 587 g/mol. The third-order valence-corrected chi connectivity index (χ3v) is 12.1. The number of rotatable bonds is 3. The van der Waals surface area contributed by atoms with E-state index >= 15 is 0 Å². The summed E-state index contributed by atoms with van der Waals surface area (Å²) in [6.45, 7) is 3.28. The number of anilines is 2. The van der Waals surface area contributed by atoms with Gasteiger partial charge in [0.2, 0.25) is 5.95 Å². The first-order valence-corrected chi connectivity index (χ1v) is 15.4. The lowest BCUT2D eigenvalue weighted by Crippen LogP contribution is -2.28. The first kappa shape index (κ1) is 27.0. The van der Waals surface area contributed by atoms with Crippen molar-refractivity contribution >= 4 is 42.8 Å². The second-order valence-electron chi connectivity index (χ2n) is 9.41. The van der Waals surface area contributed by atoms with Crippen molar-refractivity contribution in [1.29, 1.82) is 0 Å². The molecule has 2 aliphatic heterocycles. The quantitative estimate of drug-likeness (QED) is 0.494. The summed E-state index contributed by atoms with van der Waals surface area (Å²) in [5, 5.41) is 2.99. The van der Waals surface area contributed by atoms with Crippen LogP contribution in [0.25, 0.3) is 10.6 Å². The zero-order valence-corrected chi connectivity index (χ0v) is 23.1. The molecule has 0 aliphatic carbocycles. The van der Waals surface area contributed by atoms with Gasteiger partial charge in [0.1, 0.15) is 5.56 Å². The maximum absolute atomic E-state index is 13.9. The summed E-state index contributed by atoms with van der Waals surface area (Å²) in [4.78, 5) is 9.42. The van der Waals surface area contributed by atoms with Crippen molar-refractivity contribution in [2.24, 2.45) is 0 Å². The molecule has 0 atom stereocenters. The van der Waals surface area contributed by atoms with Crippen LogP contribution in [-0.4, -0.2) is 68.9 Å². The number of aryl methyl sites for hydroxylation is 1. The fourth-order valence-corrected chi connectivity index (χ4v) is 9.92. The first-order valence-electron chi connectivity index (χ1n) is 11.5. The summed E-state index contributed by atoms with van der Waals surface area (Å²) in [6.07, 6.45) is -3.43. The summed E-state index contributed by atoms with van der Waals surface area (Å²) in [5.41, 5.74) is 1.97. The Morgan fingerprint density at radius 1 is 1.05 bits per heavy atom. The molecule has 4 heterocycles. The van der Waals surface area contributed by atoms with Crippen LogP contribution in [-0.2, 0) is 39.0 Å². The van der Waals surface area contributed by atoms with Gasteiger partial charge >= 0.3 is 6.18 Å². The molecule has 9 nitrogen and oxygen atoms in total. The average molecular weight is 588 g/mol. The van der Waals surface area contributed by atoms with E-state index in [0.29, 0.717) is 23.2 Å². The first-order chi connectivity index (χ1) is 17.7. The maximum Gasteiger partial charge on any atom is 0.420 e. The van der Waals surface area contributed by atoms with Crippen molar-refractivity contribution in [2.45, 2.75) is 35.2 Å². The Morgan fingerprint density at radius 2 is 1.79 bits per heavy atom. The minimum absolute atomic E-state index is 0.129. The third kappa shape index (κ3) is 4.81. The van der Waals surface area contributed by atoms with Crippen LogP contribution in [0.1, 0.15) is 22.3 Å². The number of likely N-dealkylation sites (N-methyl/N-ethyl adjacent to an activating group) is 1. The molecular weight excluding hydrogens is 563 g/mol. The van der Waals surface area contributed by atoms with Gasteiger partial charge in [0.15, 0.2) is 14.0 Å². The zero-order valence-electron chi connectivity index (χ0n) is 20.6. The summed E-state index contributed by atoms with van der Waals surface area (Å²) in [5.74, 6) is -0.613. The van der Waals surface area contributed by atoms with Gasteiger partial charge in [0, 0.05) is 38.6 Å². The van der Waals surface area contributed by atoms with Gasteiger partial charge in [-0.25, -0.2) is 26.8 Å². The second-order valence-corrected chi connectivity index (χ2v) is 14.8. The molecule has 0 fully saturated rings. The van der Waals surface area contributed by atoms with Crippen LogP contribution in [0.15, 0.2) is 33.5 Å². The lowest BCUT2D eigenvalue weighted by molar-refractivity contribution is -0.137. The Morgan fingerprint density at radius 3 is 2.50 bits per heavy atom. The molecule has 204 valence electrons. The molecule has 15 heteroatoms. The number of hydrogen-bond acceptors (Lipinski definition) is 9. The molecule has 2 aliphatic rings. The van der Waals surface area contributed by atoms with Crippen LogP contribution in [0.3, 0.4) is 0 Å². The van der Waals surface area contributed by atoms with E-state index in [4.69, 9.17) is 0 Å². The SMILES string of the molecule is Cc1cc2c(cc1Nc1ncc(C(F)(F)F)c(-c3cc4c(s3)S(=O)(=O)N(C)CCS4(=O)=O)n1)CCN(C)C2. The Balaban J connectivity index is 1.62. The van der Waals surface area contributed by atoms with Gasteiger partial charge in [-0.1, -0.05) is 6.07 Å². The number of halogens is 3. The molecule has 5 rings (SSSR count). The van der Waals surface area contributed by atoms with Crippen molar-refractivity contribution in [1.82, 2.24) is 19.2 Å². The predicted molar refractivity (Wildman–Crippen MR) is 137 cm³/mol. The van der Waals surface area contributed by atoms with Crippen molar-refractivity contribution < 1.29 is 30.0 Å². The maximum atomic E-state index is 13.9. The van der Waals surface area contributed by atoms with Gasteiger partial charge < -0.3 is 10.2 Å². The van der Waals surface area contributed by atoms with Gasteiger partial charge in [-0.15, -0.1) is 11.3 Å². The standard InChI is InChI=1S/C23H24F3N5O4S3/c1-13-8-15-12-30(2)5-4-14(15)9-17(13)28-22-27-11-16(23(24,25)26)20(29-22)18-10-19-21(36-18)38(34,35)31(3)6-7-37(19,32)33/h8-11H,4-7,12H2,1-3H3,(H,27,28,29). The number of sulfonamides is 1. The molecule has 0 amide bonds. The number of alkyl halides is 3. The number of aromatic nitrogens is 2. The van der Waals surface area contributed by atoms with Crippen molar-refractivity contribution in [2.75, 3.05) is 38.3 Å². The molecule has 0 saturated heterocycles. The Kier molecular flexibility index (Phi) is 6.58. The summed E-state index contributed by atoms with van der Waals surface area (Å²) < 4.78 is 93.6. The molecule has 0 saturated carbocycles. The highest BCUT2D eigenvalue weighted by molar-refractivity contribution is 7.95. The van der Waals surface area contributed by atoms with E-state index in [-0.39, 0.29) is 17.4 Å². The van der Waals surface area contributed by atoms with Crippen LogP contribution >= 0.6 is 11.3 Å². The lowest BCUT2D eigenvalue weighted by Gasteiger charge is -2.26. The number of sulfone groups is 1.